The number of carbonyl (C=O) groups excluding carboxylic acids is 1. The van der Waals surface area contributed by atoms with Crippen LogP contribution >= 0.6 is 15.9 Å². The summed E-state index contributed by atoms with van der Waals surface area (Å²) in [5, 5.41) is 0.666. The predicted octanol–water partition coefficient (Wildman–Crippen LogP) is 2.92. The largest absolute Gasteiger partial charge is 0.459 e. The van der Waals surface area contributed by atoms with Crippen molar-refractivity contribution in [2.45, 2.75) is 37.7 Å². The summed E-state index contributed by atoms with van der Waals surface area (Å²) in [6.07, 6.45) is 0. The van der Waals surface area contributed by atoms with E-state index in [2.05, 4.69) is 15.9 Å². The van der Waals surface area contributed by atoms with Gasteiger partial charge in [0.25, 0.3) is 0 Å². The van der Waals surface area contributed by atoms with E-state index in [1.54, 1.807) is 0 Å². The molecule has 0 aliphatic rings. The molecular formula is C13H18BrNO2. The Morgan fingerprint density at radius 1 is 1.41 bits per heavy atom. The number of esters is 1. The van der Waals surface area contributed by atoms with Crippen LogP contribution in [0.3, 0.4) is 0 Å². The second kappa shape index (κ2) is 5.65. The van der Waals surface area contributed by atoms with Crippen molar-refractivity contribution in [1.82, 2.24) is 0 Å². The van der Waals surface area contributed by atoms with Crippen LogP contribution in [0.25, 0.3) is 0 Å². The zero-order chi connectivity index (χ0) is 13.1. The maximum atomic E-state index is 11.9. The first-order chi connectivity index (χ1) is 7.85. The summed E-state index contributed by atoms with van der Waals surface area (Å²) >= 11 is 3.38. The molecule has 0 amide bonds. The number of carbonyl (C=O) groups is 1. The van der Waals surface area contributed by atoms with Gasteiger partial charge in [0.05, 0.1) is 0 Å². The Labute approximate surface area is 110 Å². The van der Waals surface area contributed by atoms with E-state index >= 15 is 0 Å². The maximum Gasteiger partial charge on any atom is 0.328 e. The minimum absolute atomic E-state index is 0.397. The van der Waals surface area contributed by atoms with Crippen LogP contribution in [0.2, 0.25) is 0 Å². The van der Waals surface area contributed by atoms with Gasteiger partial charge in [-0.25, -0.2) is 4.79 Å². The predicted molar refractivity (Wildman–Crippen MR) is 71.8 cm³/mol. The molecule has 17 heavy (non-hydrogen) atoms. The van der Waals surface area contributed by atoms with Crippen molar-refractivity contribution in [3.8, 4) is 0 Å². The molecule has 0 spiro atoms. The lowest BCUT2D eigenvalue weighted by molar-refractivity contribution is -0.156. The van der Waals surface area contributed by atoms with Gasteiger partial charge >= 0.3 is 5.97 Å². The van der Waals surface area contributed by atoms with Crippen LogP contribution in [0.5, 0.6) is 0 Å². The first-order valence-electron chi connectivity index (χ1n) is 5.47. The van der Waals surface area contributed by atoms with Gasteiger partial charge in [0.1, 0.15) is 11.6 Å². The number of halogens is 1. The van der Waals surface area contributed by atoms with Gasteiger partial charge in [0, 0.05) is 5.33 Å². The lowest BCUT2D eigenvalue weighted by atomic mass is 10.0. The molecule has 4 heteroatoms. The number of ether oxygens (including phenoxy) is 1. The molecule has 1 aromatic rings. The van der Waals surface area contributed by atoms with Gasteiger partial charge in [-0.1, -0.05) is 40.2 Å². The van der Waals surface area contributed by atoms with Crippen LogP contribution < -0.4 is 5.73 Å². The van der Waals surface area contributed by atoms with Crippen LogP contribution in [0.15, 0.2) is 24.3 Å². The van der Waals surface area contributed by atoms with Crippen molar-refractivity contribution in [2.75, 3.05) is 0 Å². The van der Waals surface area contributed by atoms with Crippen molar-refractivity contribution in [3.63, 3.8) is 0 Å². The smallest absolute Gasteiger partial charge is 0.328 e. The third kappa shape index (κ3) is 4.13. The Morgan fingerprint density at radius 3 is 2.53 bits per heavy atom. The molecule has 0 aliphatic heterocycles. The highest BCUT2D eigenvalue weighted by atomic mass is 79.9. The molecule has 0 saturated heterocycles. The van der Waals surface area contributed by atoms with Gasteiger partial charge in [-0.15, -0.1) is 0 Å². The van der Waals surface area contributed by atoms with Gasteiger partial charge in [0.15, 0.2) is 0 Å². The highest BCUT2D eigenvalue weighted by molar-refractivity contribution is 9.08. The summed E-state index contributed by atoms with van der Waals surface area (Å²) in [4.78, 5) is 11.9. The molecule has 0 saturated carbocycles. The standard InChI is InChI=1S/C13H18BrNO2/c1-13(2,3)17-12(16)11(15)10-7-5-4-6-9(10)8-14/h4-7,11H,8,15H2,1-3H3. The average molecular weight is 300 g/mol. The number of rotatable bonds is 3. The molecule has 0 aliphatic carbocycles. The lowest BCUT2D eigenvalue weighted by Crippen LogP contribution is -2.32. The van der Waals surface area contributed by atoms with E-state index in [1.165, 1.54) is 0 Å². The van der Waals surface area contributed by atoms with Crippen LogP contribution in [0, 0.1) is 0 Å². The molecule has 1 atom stereocenters. The molecule has 94 valence electrons. The molecule has 0 radical (unpaired) electrons. The summed E-state index contributed by atoms with van der Waals surface area (Å²) in [6, 6.07) is 6.84. The number of hydrogen-bond acceptors (Lipinski definition) is 3. The molecule has 3 nitrogen and oxygen atoms in total. The highest BCUT2D eigenvalue weighted by Gasteiger charge is 2.24. The summed E-state index contributed by atoms with van der Waals surface area (Å²) in [7, 11) is 0. The maximum absolute atomic E-state index is 11.9. The van der Waals surface area contributed by atoms with E-state index in [1.807, 2.05) is 45.0 Å². The lowest BCUT2D eigenvalue weighted by Gasteiger charge is -2.23. The molecule has 1 rings (SSSR count). The highest BCUT2D eigenvalue weighted by Crippen LogP contribution is 2.21. The van der Waals surface area contributed by atoms with Crippen molar-refractivity contribution < 1.29 is 9.53 Å². The van der Waals surface area contributed by atoms with Gasteiger partial charge in [-0.3, -0.25) is 0 Å². The molecule has 0 aromatic heterocycles. The fourth-order valence-corrected chi connectivity index (χ4v) is 1.96. The number of hydrogen-bond donors (Lipinski definition) is 1. The summed E-state index contributed by atoms with van der Waals surface area (Å²) in [6.45, 7) is 5.48. The van der Waals surface area contributed by atoms with Gasteiger partial charge in [-0.2, -0.15) is 0 Å². The fourth-order valence-electron chi connectivity index (χ4n) is 1.45. The molecule has 0 heterocycles. The first-order valence-corrected chi connectivity index (χ1v) is 6.59. The topological polar surface area (TPSA) is 52.3 Å². The van der Waals surface area contributed by atoms with Crippen LogP contribution in [0.4, 0.5) is 0 Å². The third-order valence-corrected chi connectivity index (χ3v) is 2.80. The Morgan fingerprint density at radius 2 is 2.00 bits per heavy atom. The average Bonchev–Trinajstić information content (AvgIpc) is 2.25. The van der Waals surface area contributed by atoms with Crippen LogP contribution in [0.1, 0.15) is 37.9 Å². The Hall–Kier alpha value is -0.870. The molecule has 1 aromatic carbocycles. The minimum Gasteiger partial charge on any atom is -0.459 e. The minimum atomic E-state index is -0.733. The molecule has 0 bridgehead atoms. The van der Waals surface area contributed by atoms with Crippen molar-refractivity contribution >= 4 is 21.9 Å². The summed E-state index contributed by atoms with van der Waals surface area (Å²) in [5.41, 5.74) is 7.22. The van der Waals surface area contributed by atoms with Crippen LogP contribution in [-0.4, -0.2) is 11.6 Å². The molecule has 2 N–H and O–H groups in total. The van der Waals surface area contributed by atoms with Crippen molar-refractivity contribution in [3.05, 3.63) is 35.4 Å². The monoisotopic (exact) mass is 299 g/mol. The quantitative estimate of drug-likeness (QED) is 0.690. The first kappa shape index (κ1) is 14.2. The SMILES string of the molecule is CC(C)(C)OC(=O)C(N)c1ccccc1CBr. The third-order valence-electron chi connectivity index (χ3n) is 2.19. The van der Waals surface area contributed by atoms with Gasteiger partial charge in [0.2, 0.25) is 0 Å². The van der Waals surface area contributed by atoms with Crippen molar-refractivity contribution in [1.29, 1.82) is 0 Å². The Bertz CT molecular complexity index is 399. The Balaban J connectivity index is 2.89. The second-order valence-corrected chi connectivity index (χ2v) is 5.40. The van der Waals surface area contributed by atoms with Gasteiger partial charge in [-0.05, 0) is 31.9 Å². The number of alkyl halides is 1. The molecule has 0 fully saturated rings. The fraction of sp³-hybridized carbons (Fsp3) is 0.462. The summed E-state index contributed by atoms with van der Waals surface area (Å²) in [5.74, 6) is -0.397. The van der Waals surface area contributed by atoms with E-state index in [0.29, 0.717) is 5.33 Å². The number of benzene rings is 1. The van der Waals surface area contributed by atoms with E-state index in [4.69, 9.17) is 10.5 Å². The van der Waals surface area contributed by atoms with Crippen LogP contribution in [-0.2, 0) is 14.9 Å². The zero-order valence-electron chi connectivity index (χ0n) is 10.4. The van der Waals surface area contributed by atoms with E-state index in [-0.39, 0.29) is 0 Å². The summed E-state index contributed by atoms with van der Waals surface area (Å²) < 4.78 is 5.27. The number of nitrogens with two attached hydrogens (primary N) is 1. The normalized spacial score (nSPS) is 13.2. The second-order valence-electron chi connectivity index (χ2n) is 4.84. The van der Waals surface area contributed by atoms with Crippen molar-refractivity contribution in [2.24, 2.45) is 5.73 Å². The van der Waals surface area contributed by atoms with E-state index < -0.39 is 17.6 Å². The Kier molecular flexibility index (Phi) is 4.71. The van der Waals surface area contributed by atoms with Gasteiger partial charge < -0.3 is 10.5 Å². The van der Waals surface area contributed by atoms with E-state index in [0.717, 1.165) is 11.1 Å². The van der Waals surface area contributed by atoms with E-state index in [9.17, 15) is 4.79 Å². The molecular weight excluding hydrogens is 282 g/mol. The molecule has 1 unspecified atom stereocenters. The zero-order valence-corrected chi connectivity index (χ0v) is 12.0.